The number of rotatable bonds is 0. The first-order valence-electron chi connectivity index (χ1n) is 3.09. The highest BCUT2D eigenvalue weighted by Gasteiger charge is 2.17. The first-order valence-corrected chi connectivity index (χ1v) is 3.09. The van der Waals surface area contributed by atoms with Crippen molar-refractivity contribution in [3.63, 3.8) is 0 Å². The molecule has 10 heavy (non-hydrogen) atoms. The van der Waals surface area contributed by atoms with E-state index >= 15 is 0 Å². The van der Waals surface area contributed by atoms with Crippen molar-refractivity contribution in [2.45, 2.75) is 0 Å². The predicted octanol–water partition coefficient (Wildman–Crippen LogP) is 0.214. The summed E-state index contributed by atoms with van der Waals surface area (Å²) in [5.74, 6) is 0.238. The topological polar surface area (TPSA) is 41.5 Å². The summed E-state index contributed by atoms with van der Waals surface area (Å²) in [6.07, 6.45) is 6.74. The molecule has 0 spiro atoms. The molecule has 0 bridgehead atoms. The number of nitrogens with one attached hydrogen (secondary N) is 1. The molecule has 50 valence electrons. The van der Waals surface area contributed by atoms with Gasteiger partial charge in [0, 0.05) is 18.0 Å². The second-order valence-corrected chi connectivity index (χ2v) is 2.28. The van der Waals surface area contributed by atoms with Crippen molar-refractivity contribution in [1.29, 1.82) is 0 Å². The van der Waals surface area contributed by atoms with E-state index in [1.807, 2.05) is 6.08 Å². The van der Waals surface area contributed by atoms with E-state index in [4.69, 9.17) is 0 Å². The first kappa shape index (κ1) is 5.41. The van der Waals surface area contributed by atoms with Crippen molar-refractivity contribution >= 4 is 12.0 Å². The SMILES string of the molecule is O=C1C=C[C@H]2C=NNC2=C1. The molecule has 0 amide bonds. The average Bonchev–Trinajstić information content (AvgIpc) is 2.33. The molecule has 0 saturated carbocycles. The second kappa shape index (κ2) is 1.80. The summed E-state index contributed by atoms with van der Waals surface area (Å²) in [5.41, 5.74) is 3.63. The van der Waals surface area contributed by atoms with Crippen LogP contribution in [0.5, 0.6) is 0 Å². The van der Waals surface area contributed by atoms with E-state index in [0.717, 1.165) is 5.70 Å². The molecule has 0 aromatic rings. The fourth-order valence-corrected chi connectivity index (χ4v) is 1.03. The Hall–Kier alpha value is -1.38. The fraction of sp³-hybridized carbons (Fsp3) is 0.143. The Morgan fingerprint density at radius 1 is 1.60 bits per heavy atom. The highest BCUT2D eigenvalue weighted by Crippen LogP contribution is 2.16. The Bertz CT molecular complexity index is 263. The normalized spacial score (nSPS) is 27.8. The van der Waals surface area contributed by atoms with Crippen molar-refractivity contribution in [3.05, 3.63) is 23.9 Å². The molecule has 0 fully saturated rings. The lowest BCUT2D eigenvalue weighted by molar-refractivity contribution is -0.110. The molecule has 2 rings (SSSR count). The Kier molecular flexibility index (Phi) is 0.974. The summed E-state index contributed by atoms with van der Waals surface area (Å²) < 4.78 is 0. The number of hydrogen-bond donors (Lipinski definition) is 1. The van der Waals surface area contributed by atoms with Crippen LogP contribution in [0.25, 0.3) is 0 Å². The van der Waals surface area contributed by atoms with Crippen molar-refractivity contribution < 1.29 is 4.79 Å². The first-order chi connectivity index (χ1) is 4.86. The predicted molar refractivity (Wildman–Crippen MR) is 37.3 cm³/mol. The van der Waals surface area contributed by atoms with Gasteiger partial charge in [0.05, 0.1) is 5.92 Å². The molecular weight excluding hydrogens is 128 g/mol. The summed E-state index contributed by atoms with van der Waals surface area (Å²) in [7, 11) is 0. The number of hydrazone groups is 1. The molecule has 1 N–H and O–H groups in total. The molecule has 1 atom stereocenters. The van der Waals surface area contributed by atoms with Gasteiger partial charge in [0.1, 0.15) is 0 Å². The maximum Gasteiger partial charge on any atom is 0.180 e. The van der Waals surface area contributed by atoms with E-state index in [2.05, 4.69) is 10.5 Å². The van der Waals surface area contributed by atoms with E-state index in [1.165, 1.54) is 0 Å². The molecular formula is C7H6N2O. The van der Waals surface area contributed by atoms with Gasteiger partial charge >= 0.3 is 0 Å². The van der Waals surface area contributed by atoms with Gasteiger partial charge in [0.15, 0.2) is 5.78 Å². The zero-order chi connectivity index (χ0) is 6.97. The van der Waals surface area contributed by atoms with Crippen LogP contribution in [0.3, 0.4) is 0 Å². The van der Waals surface area contributed by atoms with Crippen molar-refractivity contribution in [2.75, 3.05) is 0 Å². The summed E-state index contributed by atoms with van der Waals surface area (Å²) >= 11 is 0. The lowest BCUT2D eigenvalue weighted by atomic mass is 10.0. The largest absolute Gasteiger partial charge is 0.290 e. The smallest absolute Gasteiger partial charge is 0.180 e. The zero-order valence-corrected chi connectivity index (χ0v) is 5.24. The Morgan fingerprint density at radius 3 is 3.40 bits per heavy atom. The molecule has 0 aromatic heterocycles. The second-order valence-electron chi connectivity index (χ2n) is 2.28. The fourth-order valence-electron chi connectivity index (χ4n) is 1.03. The standard InChI is InChI=1S/C7H6N2O/c10-6-2-1-5-4-8-9-7(5)3-6/h1-5,9H/t5-/m0/s1. The third kappa shape index (κ3) is 0.673. The highest BCUT2D eigenvalue weighted by atomic mass is 16.1. The van der Waals surface area contributed by atoms with Gasteiger partial charge in [0.2, 0.25) is 0 Å². The molecule has 1 aliphatic carbocycles. The Labute approximate surface area is 58.1 Å². The third-order valence-electron chi connectivity index (χ3n) is 1.55. The van der Waals surface area contributed by atoms with E-state index in [0.29, 0.717) is 0 Å². The van der Waals surface area contributed by atoms with Crippen LogP contribution in [0.15, 0.2) is 29.0 Å². The van der Waals surface area contributed by atoms with Crippen molar-refractivity contribution in [3.8, 4) is 0 Å². The molecule has 0 saturated heterocycles. The number of carbonyl (C=O) groups excluding carboxylic acids is 1. The molecule has 1 aliphatic heterocycles. The summed E-state index contributed by atoms with van der Waals surface area (Å²) in [4.78, 5) is 10.7. The van der Waals surface area contributed by atoms with Crippen LogP contribution >= 0.6 is 0 Å². The number of carbonyl (C=O) groups is 1. The number of hydrogen-bond acceptors (Lipinski definition) is 3. The van der Waals surface area contributed by atoms with Gasteiger partial charge in [-0.05, 0) is 6.08 Å². The minimum atomic E-state index is 0.0317. The number of nitrogens with zero attached hydrogens (tertiary/aromatic N) is 1. The van der Waals surface area contributed by atoms with Crippen LogP contribution in [0.2, 0.25) is 0 Å². The molecule has 1 heterocycles. The average molecular weight is 134 g/mol. The van der Waals surface area contributed by atoms with Gasteiger partial charge in [-0.1, -0.05) is 6.08 Å². The number of allylic oxidation sites excluding steroid dienone is 3. The van der Waals surface area contributed by atoms with Gasteiger partial charge in [0.25, 0.3) is 0 Å². The highest BCUT2D eigenvalue weighted by molar-refractivity contribution is 6.02. The van der Waals surface area contributed by atoms with Crippen molar-refractivity contribution in [2.24, 2.45) is 11.0 Å². The minimum absolute atomic E-state index is 0.0317. The zero-order valence-electron chi connectivity index (χ0n) is 5.24. The Morgan fingerprint density at radius 2 is 2.50 bits per heavy atom. The van der Waals surface area contributed by atoms with E-state index in [9.17, 15) is 4.79 Å². The van der Waals surface area contributed by atoms with Crippen LogP contribution in [-0.4, -0.2) is 12.0 Å². The third-order valence-corrected chi connectivity index (χ3v) is 1.55. The van der Waals surface area contributed by atoms with Gasteiger partial charge in [-0.3, -0.25) is 10.2 Å². The van der Waals surface area contributed by atoms with Crippen LogP contribution < -0.4 is 5.43 Å². The van der Waals surface area contributed by atoms with Gasteiger partial charge in [-0.2, -0.15) is 5.10 Å². The van der Waals surface area contributed by atoms with E-state index in [-0.39, 0.29) is 11.7 Å². The monoisotopic (exact) mass is 134 g/mol. The molecule has 0 radical (unpaired) electrons. The van der Waals surface area contributed by atoms with Gasteiger partial charge < -0.3 is 0 Å². The lowest BCUT2D eigenvalue weighted by Crippen LogP contribution is -2.11. The maximum atomic E-state index is 10.7. The van der Waals surface area contributed by atoms with Gasteiger partial charge in [-0.25, -0.2) is 0 Å². The van der Waals surface area contributed by atoms with Gasteiger partial charge in [-0.15, -0.1) is 0 Å². The number of ketones is 1. The van der Waals surface area contributed by atoms with Crippen LogP contribution in [-0.2, 0) is 4.79 Å². The van der Waals surface area contributed by atoms with Crippen LogP contribution in [0.4, 0.5) is 0 Å². The summed E-state index contributed by atoms with van der Waals surface area (Å²) in [5, 5.41) is 3.82. The molecule has 2 aliphatic rings. The minimum Gasteiger partial charge on any atom is -0.290 e. The molecule has 3 nitrogen and oxygen atoms in total. The quantitative estimate of drug-likeness (QED) is 0.514. The Balaban J connectivity index is 2.36. The molecule has 0 aromatic carbocycles. The van der Waals surface area contributed by atoms with Crippen LogP contribution in [0, 0.1) is 5.92 Å². The summed E-state index contributed by atoms with van der Waals surface area (Å²) in [6, 6.07) is 0. The van der Waals surface area contributed by atoms with E-state index in [1.54, 1.807) is 18.4 Å². The van der Waals surface area contributed by atoms with Crippen molar-refractivity contribution in [1.82, 2.24) is 5.43 Å². The maximum absolute atomic E-state index is 10.7. The molecule has 0 unspecified atom stereocenters. The molecule has 3 heteroatoms. The summed E-state index contributed by atoms with van der Waals surface area (Å²) in [6.45, 7) is 0. The lowest BCUT2D eigenvalue weighted by Gasteiger charge is -2.06. The number of fused-ring (bicyclic) bond motifs is 1. The van der Waals surface area contributed by atoms with Crippen LogP contribution in [0.1, 0.15) is 0 Å². The van der Waals surface area contributed by atoms with E-state index < -0.39 is 0 Å².